The molecule has 0 aliphatic heterocycles. The van der Waals surface area contributed by atoms with Crippen molar-refractivity contribution in [3.63, 3.8) is 0 Å². The Morgan fingerprint density at radius 3 is 2.92 bits per heavy atom. The molecule has 9 heteroatoms. The number of nitro groups is 1. The zero-order chi connectivity index (χ0) is 18.1. The third-order valence-corrected chi connectivity index (χ3v) is 4.27. The molecular formula is C16H18N6O3. The average molecular weight is 342 g/mol. The molecule has 0 amide bonds. The van der Waals surface area contributed by atoms with Gasteiger partial charge in [-0.2, -0.15) is 5.10 Å². The van der Waals surface area contributed by atoms with Gasteiger partial charge in [0.2, 0.25) is 0 Å². The van der Waals surface area contributed by atoms with E-state index in [1.807, 2.05) is 24.9 Å². The first-order valence-electron chi connectivity index (χ1n) is 7.72. The number of aromatic nitrogens is 4. The molecule has 0 aliphatic rings. The highest BCUT2D eigenvalue weighted by Gasteiger charge is 2.17. The maximum absolute atomic E-state index is 12.1. The van der Waals surface area contributed by atoms with Crippen molar-refractivity contribution in [3.05, 3.63) is 62.3 Å². The molecule has 0 aliphatic carbocycles. The van der Waals surface area contributed by atoms with Crippen LogP contribution in [-0.2, 0) is 13.6 Å². The van der Waals surface area contributed by atoms with E-state index in [9.17, 15) is 14.9 Å². The largest absolute Gasteiger partial charge is 0.309 e. The van der Waals surface area contributed by atoms with Crippen LogP contribution in [0.25, 0.3) is 11.0 Å². The predicted octanol–water partition coefficient (Wildman–Crippen LogP) is 1.76. The highest BCUT2D eigenvalue weighted by Crippen LogP contribution is 2.23. The number of rotatable bonds is 5. The van der Waals surface area contributed by atoms with Crippen LogP contribution in [0.3, 0.4) is 0 Å². The van der Waals surface area contributed by atoms with Crippen LogP contribution in [0.15, 0.2) is 35.3 Å². The van der Waals surface area contributed by atoms with Gasteiger partial charge in [0.15, 0.2) is 5.65 Å². The number of nitrogens with one attached hydrogen (secondary N) is 1. The predicted molar refractivity (Wildman–Crippen MR) is 92.1 cm³/mol. The lowest BCUT2D eigenvalue weighted by Crippen LogP contribution is -2.25. The van der Waals surface area contributed by atoms with E-state index in [4.69, 9.17) is 0 Å². The number of benzene rings is 1. The summed E-state index contributed by atoms with van der Waals surface area (Å²) < 4.78 is 1.55. The number of aryl methyl sites for hydroxylation is 1. The second kappa shape index (κ2) is 6.44. The summed E-state index contributed by atoms with van der Waals surface area (Å²) in [7, 11) is 3.60. The number of H-pyrrole nitrogens is 1. The minimum Gasteiger partial charge on any atom is -0.309 e. The van der Waals surface area contributed by atoms with Gasteiger partial charge in [-0.1, -0.05) is 12.1 Å². The Morgan fingerprint density at radius 1 is 1.44 bits per heavy atom. The number of nitrogens with zero attached hydrogens (tertiary/aromatic N) is 5. The van der Waals surface area contributed by atoms with E-state index in [0.29, 0.717) is 23.4 Å². The van der Waals surface area contributed by atoms with Crippen LogP contribution in [0.5, 0.6) is 0 Å². The van der Waals surface area contributed by atoms with Gasteiger partial charge in [0.1, 0.15) is 11.2 Å². The lowest BCUT2D eigenvalue weighted by Gasteiger charge is -2.24. The smallest absolute Gasteiger partial charge is 0.269 e. The zero-order valence-electron chi connectivity index (χ0n) is 14.1. The maximum Gasteiger partial charge on any atom is 0.269 e. The second-order valence-corrected chi connectivity index (χ2v) is 5.96. The normalized spacial score (nSPS) is 12.6. The van der Waals surface area contributed by atoms with E-state index in [0.717, 1.165) is 5.56 Å². The van der Waals surface area contributed by atoms with Gasteiger partial charge in [-0.3, -0.25) is 24.5 Å². The number of aromatic amines is 1. The molecule has 3 rings (SSSR count). The van der Waals surface area contributed by atoms with E-state index in [1.165, 1.54) is 12.3 Å². The third kappa shape index (κ3) is 3.26. The summed E-state index contributed by atoms with van der Waals surface area (Å²) in [5.74, 6) is 0.515. The minimum atomic E-state index is -0.411. The van der Waals surface area contributed by atoms with Crippen molar-refractivity contribution in [2.75, 3.05) is 7.05 Å². The Morgan fingerprint density at radius 2 is 2.20 bits per heavy atom. The number of hydrogen-bond donors (Lipinski definition) is 1. The average Bonchev–Trinajstić information content (AvgIpc) is 2.96. The van der Waals surface area contributed by atoms with Gasteiger partial charge in [0.05, 0.1) is 17.7 Å². The molecular weight excluding hydrogens is 324 g/mol. The molecule has 25 heavy (non-hydrogen) atoms. The fraction of sp³-hybridized carbons (Fsp3) is 0.312. The van der Waals surface area contributed by atoms with Gasteiger partial charge in [-0.15, -0.1) is 0 Å². The molecule has 0 radical (unpaired) electrons. The molecule has 0 bridgehead atoms. The quantitative estimate of drug-likeness (QED) is 0.559. The number of non-ortho nitro benzene ring substituents is 1. The van der Waals surface area contributed by atoms with Crippen LogP contribution in [0.1, 0.15) is 24.4 Å². The molecule has 1 unspecified atom stereocenters. The Hall–Kier alpha value is -3.07. The van der Waals surface area contributed by atoms with Crippen molar-refractivity contribution >= 4 is 16.7 Å². The van der Waals surface area contributed by atoms with Crippen molar-refractivity contribution in [2.24, 2.45) is 7.05 Å². The molecule has 1 atom stereocenters. The highest BCUT2D eigenvalue weighted by atomic mass is 16.6. The molecule has 0 saturated carbocycles. The number of nitro benzene ring substituents is 1. The molecule has 0 spiro atoms. The molecule has 0 saturated heterocycles. The summed E-state index contributed by atoms with van der Waals surface area (Å²) in [5.41, 5.74) is 1.17. The first-order chi connectivity index (χ1) is 11.9. The molecule has 2 aromatic heterocycles. The van der Waals surface area contributed by atoms with Crippen molar-refractivity contribution in [1.82, 2.24) is 24.6 Å². The van der Waals surface area contributed by atoms with E-state index in [2.05, 4.69) is 15.1 Å². The van der Waals surface area contributed by atoms with Crippen LogP contribution in [0.2, 0.25) is 0 Å². The Balaban J connectivity index is 1.85. The Bertz CT molecular complexity index is 993. The van der Waals surface area contributed by atoms with Gasteiger partial charge in [-0.05, 0) is 19.5 Å². The lowest BCUT2D eigenvalue weighted by molar-refractivity contribution is -0.384. The Labute approximate surface area is 143 Å². The van der Waals surface area contributed by atoms with Crippen LogP contribution in [0, 0.1) is 10.1 Å². The van der Waals surface area contributed by atoms with Crippen molar-refractivity contribution < 1.29 is 4.92 Å². The van der Waals surface area contributed by atoms with Gasteiger partial charge in [-0.25, -0.2) is 4.98 Å². The zero-order valence-corrected chi connectivity index (χ0v) is 14.1. The first-order valence-corrected chi connectivity index (χ1v) is 7.72. The maximum atomic E-state index is 12.1. The fourth-order valence-corrected chi connectivity index (χ4v) is 2.68. The van der Waals surface area contributed by atoms with Crippen LogP contribution in [-0.4, -0.2) is 36.6 Å². The molecule has 1 N–H and O–H groups in total. The third-order valence-electron chi connectivity index (χ3n) is 4.27. The van der Waals surface area contributed by atoms with E-state index >= 15 is 0 Å². The van der Waals surface area contributed by atoms with Gasteiger partial charge in [0.25, 0.3) is 11.2 Å². The number of hydrogen-bond acceptors (Lipinski definition) is 6. The highest BCUT2D eigenvalue weighted by molar-refractivity contribution is 5.72. The van der Waals surface area contributed by atoms with Gasteiger partial charge >= 0.3 is 0 Å². The molecule has 3 aromatic rings. The van der Waals surface area contributed by atoms with Crippen LogP contribution >= 0.6 is 0 Å². The van der Waals surface area contributed by atoms with E-state index in [-0.39, 0.29) is 17.3 Å². The summed E-state index contributed by atoms with van der Waals surface area (Å²) >= 11 is 0. The molecule has 9 nitrogen and oxygen atoms in total. The summed E-state index contributed by atoms with van der Waals surface area (Å²) in [4.78, 5) is 31.8. The van der Waals surface area contributed by atoms with Crippen molar-refractivity contribution in [1.29, 1.82) is 0 Å². The summed E-state index contributed by atoms with van der Waals surface area (Å²) in [5, 5.41) is 15.4. The fourth-order valence-electron chi connectivity index (χ4n) is 2.68. The summed E-state index contributed by atoms with van der Waals surface area (Å²) in [6.07, 6.45) is 1.49. The molecule has 1 aromatic carbocycles. The molecule has 130 valence electrons. The summed E-state index contributed by atoms with van der Waals surface area (Å²) in [6.45, 7) is 2.33. The first kappa shape index (κ1) is 16.8. The standard InChI is InChI=1S/C16H18N6O3/c1-10(11-5-4-6-12(7-11)22(24)25)20(2)9-14-18-15-13(16(23)19-14)8-17-21(15)3/h4-8,10H,9H2,1-3H3,(H,18,19,23). The van der Waals surface area contributed by atoms with Crippen molar-refractivity contribution in [2.45, 2.75) is 19.5 Å². The van der Waals surface area contributed by atoms with E-state index in [1.54, 1.807) is 23.9 Å². The minimum absolute atomic E-state index is 0.0561. The SMILES string of the molecule is CC(c1cccc([N+](=O)[O-])c1)N(C)Cc1nc2c(cnn2C)c(=O)[nH]1. The second-order valence-electron chi connectivity index (χ2n) is 5.96. The van der Waals surface area contributed by atoms with Crippen molar-refractivity contribution in [3.8, 4) is 0 Å². The topological polar surface area (TPSA) is 110 Å². The lowest BCUT2D eigenvalue weighted by atomic mass is 10.1. The molecule has 2 heterocycles. The monoisotopic (exact) mass is 342 g/mol. The Kier molecular flexibility index (Phi) is 4.32. The van der Waals surface area contributed by atoms with Crippen LogP contribution in [0.4, 0.5) is 5.69 Å². The van der Waals surface area contributed by atoms with E-state index < -0.39 is 4.92 Å². The van der Waals surface area contributed by atoms with Crippen LogP contribution < -0.4 is 5.56 Å². The number of fused-ring (bicyclic) bond motifs is 1. The summed E-state index contributed by atoms with van der Waals surface area (Å²) in [6, 6.07) is 6.44. The molecule has 0 fully saturated rings. The van der Waals surface area contributed by atoms with Gasteiger partial charge < -0.3 is 4.98 Å². The van der Waals surface area contributed by atoms with Gasteiger partial charge in [0, 0.05) is 25.2 Å².